The van der Waals surface area contributed by atoms with Crippen LogP contribution in [0.2, 0.25) is 0 Å². The first kappa shape index (κ1) is 20.4. The minimum atomic E-state index is 0. The summed E-state index contributed by atoms with van der Waals surface area (Å²) in [4.78, 5) is 9.54. The smallest absolute Gasteiger partial charge is 0.191 e. The summed E-state index contributed by atoms with van der Waals surface area (Å²) in [6.45, 7) is 4.51. The van der Waals surface area contributed by atoms with E-state index in [1.807, 2.05) is 0 Å². The molecular formula is C16H25IN4S2. The van der Waals surface area contributed by atoms with Crippen molar-refractivity contribution in [3.8, 4) is 0 Å². The molecule has 2 aromatic rings. The molecule has 0 aliphatic carbocycles. The van der Waals surface area contributed by atoms with E-state index < -0.39 is 0 Å². The number of hydrogen-bond donors (Lipinski definition) is 2. The van der Waals surface area contributed by atoms with Crippen LogP contribution in [0.5, 0.6) is 0 Å². The maximum absolute atomic E-state index is 4.66. The van der Waals surface area contributed by atoms with Gasteiger partial charge in [0.05, 0.1) is 12.6 Å². The first-order valence-electron chi connectivity index (χ1n) is 7.45. The second-order valence-electron chi connectivity index (χ2n) is 5.15. The Morgan fingerprint density at radius 2 is 1.91 bits per heavy atom. The van der Waals surface area contributed by atoms with Crippen molar-refractivity contribution < 1.29 is 0 Å². The molecule has 1 unspecified atom stereocenters. The van der Waals surface area contributed by atoms with Gasteiger partial charge in [0, 0.05) is 22.8 Å². The van der Waals surface area contributed by atoms with Gasteiger partial charge >= 0.3 is 0 Å². The van der Waals surface area contributed by atoms with Crippen LogP contribution in [-0.4, -0.2) is 38.0 Å². The second kappa shape index (κ2) is 11.0. The molecule has 2 aromatic heterocycles. The molecule has 0 bridgehead atoms. The molecule has 7 heteroatoms. The topological polar surface area (TPSA) is 39.7 Å². The molecule has 2 N–H and O–H groups in total. The van der Waals surface area contributed by atoms with E-state index >= 15 is 0 Å². The van der Waals surface area contributed by atoms with Crippen LogP contribution < -0.4 is 10.6 Å². The van der Waals surface area contributed by atoms with Crippen LogP contribution in [0.25, 0.3) is 0 Å². The van der Waals surface area contributed by atoms with E-state index in [0.29, 0.717) is 6.04 Å². The monoisotopic (exact) mass is 464 g/mol. The fourth-order valence-corrected chi connectivity index (χ4v) is 3.66. The van der Waals surface area contributed by atoms with E-state index in [4.69, 9.17) is 0 Å². The average Bonchev–Trinajstić information content (AvgIpc) is 3.18. The molecule has 0 saturated carbocycles. The summed E-state index contributed by atoms with van der Waals surface area (Å²) in [5.74, 6) is 0.874. The fourth-order valence-electron chi connectivity index (χ4n) is 2.11. The number of aliphatic imine (C=N–C) groups is 1. The molecule has 0 spiro atoms. The number of hydrogen-bond acceptors (Lipinski definition) is 4. The van der Waals surface area contributed by atoms with Crippen LogP contribution in [0, 0.1) is 0 Å². The summed E-state index contributed by atoms with van der Waals surface area (Å²) in [5, 5.41) is 11.0. The van der Waals surface area contributed by atoms with Crippen LogP contribution in [0.1, 0.15) is 22.7 Å². The van der Waals surface area contributed by atoms with Gasteiger partial charge in [-0.2, -0.15) is 0 Å². The van der Waals surface area contributed by atoms with Crippen LogP contribution >= 0.6 is 46.7 Å². The first-order chi connectivity index (χ1) is 10.7. The quantitative estimate of drug-likeness (QED) is 0.372. The summed E-state index contributed by atoms with van der Waals surface area (Å²) in [6, 6.07) is 8.82. The van der Waals surface area contributed by atoms with Gasteiger partial charge in [-0.05, 0) is 43.9 Å². The third-order valence-corrected chi connectivity index (χ3v) is 5.11. The predicted molar refractivity (Wildman–Crippen MR) is 113 cm³/mol. The van der Waals surface area contributed by atoms with Gasteiger partial charge in [-0.1, -0.05) is 12.1 Å². The molecular weight excluding hydrogens is 439 g/mol. The molecule has 2 rings (SSSR count). The number of nitrogens with zero attached hydrogens (tertiary/aromatic N) is 2. The number of rotatable bonds is 7. The van der Waals surface area contributed by atoms with E-state index in [2.05, 4.69) is 76.6 Å². The lowest BCUT2D eigenvalue weighted by atomic mass is 10.2. The minimum absolute atomic E-state index is 0. The van der Waals surface area contributed by atoms with Crippen LogP contribution in [0.4, 0.5) is 0 Å². The Morgan fingerprint density at radius 1 is 1.17 bits per heavy atom. The Hall–Kier alpha value is -0.640. The highest BCUT2D eigenvalue weighted by molar-refractivity contribution is 14.0. The van der Waals surface area contributed by atoms with Gasteiger partial charge in [-0.3, -0.25) is 0 Å². The third kappa shape index (κ3) is 6.78. The summed E-state index contributed by atoms with van der Waals surface area (Å²) in [7, 11) is 4.23. The second-order valence-corrected chi connectivity index (χ2v) is 7.16. The van der Waals surface area contributed by atoms with Gasteiger partial charge in [0.2, 0.25) is 0 Å². The molecule has 1 atom stereocenters. The highest BCUT2D eigenvalue weighted by Crippen LogP contribution is 2.22. The standard InChI is InChI=1S/C16H24N4S2.HI/c1-4-17-16(18-11-13-7-5-9-21-13)19-12-14(20(2)3)15-8-6-10-22-15;/h5-10,14H,4,11-12H2,1-3H3,(H2,17,18,19);1H. The zero-order valence-corrected chi connectivity index (χ0v) is 17.7. The zero-order valence-electron chi connectivity index (χ0n) is 13.8. The third-order valence-electron chi connectivity index (χ3n) is 3.28. The van der Waals surface area contributed by atoms with Crippen molar-refractivity contribution in [3.63, 3.8) is 0 Å². The zero-order chi connectivity index (χ0) is 15.8. The van der Waals surface area contributed by atoms with E-state index in [1.54, 1.807) is 22.7 Å². The van der Waals surface area contributed by atoms with Gasteiger partial charge in [0.1, 0.15) is 0 Å². The maximum Gasteiger partial charge on any atom is 0.191 e. The highest BCUT2D eigenvalue weighted by atomic mass is 127. The summed E-state index contributed by atoms with van der Waals surface area (Å²) >= 11 is 3.54. The van der Waals surface area contributed by atoms with Gasteiger partial charge in [0.25, 0.3) is 0 Å². The van der Waals surface area contributed by atoms with Crippen molar-refractivity contribution in [2.24, 2.45) is 4.99 Å². The number of thiophene rings is 2. The Bertz CT molecular complexity index is 553. The summed E-state index contributed by atoms with van der Waals surface area (Å²) in [6.07, 6.45) is 0. The largest absolute Gasteiger partial charge is 0.357 e. The molecule has 4 nitrogen and oxygen atoms in total. The SMILES string of the molecule is CCNC(=NCc1cccs1)NCC(c1cccs1)N(C)C.I. The van der Waals surface area contributed by atoms with Crippen LogP contribution in [0.15, 0.2) is 40.0 Å². The van der Waals surface area contributed by atoms with E-state index in [9.17, 15) is 0 Å². The summed E-state index contributed by atoms with van der Waals surface area (Å²) < 4.78 is 0. The van der Waals surface area contributed by atoms with Crippen molar-refractivity contribution in [2.75, 3.05) is 27.2 Å². The van der Waals surface area contributed by atoms with Crippen LogP contribution in [0.3, 0.4) is 0 Å². The molecule has 0 aromatic carbocycles. The minimum Gasteiger partial charge on any atom is -0.357 e. The lowest BCUT2D eigenvalue weighted by molar-refractivity contribution is 0.302. The molecule has 128 valence electrons. The fraction of sp³-hybridized carbons (Fsp3) is 0.438. The van der Waals surface area contributed by atoms with Gasteiger partial charge in [0.15, 0.2) is 5.96 Å². The number of guanidine groups is 1. The molecule has 0 radical (unpaired) electrons. The molecule has 0 saturated heterocycles. The van der Waals surface area contributed by atoms with Crippen molar-refractivity contribution in [2.45, 2.75) is 19.5 Å². The molecule has 2 heterocycles. The summed E-state index contributed by atoms with van der Waals surface area (Å²) in [5.41, 5.74) is 0. The number of nitrogens with one attached hydrogen (secondary N) is 2. The lowest BCUT2D eigenvalue weighted by Crippen LogP contribution is -2.41. The maximum atomic E-state index is 4.66. The molecule has 0 aliphatic heterocycles. The van der Waals surface area contributed by atoms with Crippen molar-refractivity contribution >= 4 is 52.6 Å². The molecule has 23 heavy (non-hydrogen) atoms. The molecule has 0 amide bonds. The van der Waals surface area contributed by atoms with Crippen molar-refractivity contribution in [1.82, 2.24) is 15.5 Å². The van der Waals surface area contributed by atoms with Gasteiger partial charge in [-0.15, -0.1) is 46.7 Å². The molecule has 0 fully saturated rings. The van der Waals surface area contributed by atoms with Gasteiger partial charge in [-0.25, -0.2) is 4.99 Å². The normalized spacial score (nSPS) is 12.8. The van der Waals surface area contributed by atoms with E-state index in [1.165, 1.54) is 9.75 Å². The Kier molecular flexibility index (Phi) is 9.77. The van der Waals surface area contributed by atoms with Gasteiger partial charge < -0.3 is 15.5 Å². The van der Waals surface area contributed by atoms with Crippen LogP contribution in [-0.2, 0) is 6.54 Å². The average molecular weight is 464 g/mol. The number of likely N-dealkylation sites (N-methyl/N-ethyl adjacent to an activating group) is 1. The Morgan fingerprint density at radius 3 is 2.48 bits per heavy atom. The molecule has 0 aliphatic rings. The van der Waals surface area contributed by atoms with E-state index in [-0.39, 0.29) is 24.0 Å². The first-order valence-corrected chi connectivity index (χ1v) is 9.21. The number of halogens is 1. The van der Waals surface area contributed by atoms with E-state index in [0.717, 1.165) is 25.6 Å². The Balaban J connectivity index is 0.00000264. The Labute approximate surface area is 164 Å². The van der Waals surface area contributed by atoms with Crippen molar-refractivity contribution in [3.05, 3.63) is 44.8 Å². The predicted octanol–water partition coefficient (Wildman–Crippen LogP) is 3.79. The highest BCUT2D eigenvalue weighted by Gasteiger charge is 2.15. The van der Waals surface area contributed by atoms with Crippen molar-refractivity contribution in [1.29, 1.82) is 0 Å². The lowest BCUT2D eigenvalue weighted by Gasteiger charge is -2.24.